The molecule has 0 fully saturated rings. The van der Waals surface area contributed by atoms with Gasteiger partial charge in [-0.1, -0.05) is 0 Å². The zero-order valence-corrected chi connectivity index (χ0v) is 6.39. The van der Waals surface area contributed by atoms with Crippen LogP contribution in [0.25, 0.3) is 0 Å². The van der Waals surface area contributed by atoms with Crippen LogP contribution in [0.2, 0.25) is 0 Å². The van der Waals surface area contributed by atoms with E-state index < -0.39 is 11.1 Å². The van der Waals surface area contributed by atoms with Crippen molar-refractivity contribution < 1.29 is 13.9 Å². The Morgan fingerprint density at radius 1 is 1.89 bits per heavy atom. The van der Waals surface area contributed by atoms with Gasteiger partial charge < -0.3 is 4.74 Å². The average molecular weight is 197 g/mol. The van der Waals surface area contributed by atoms with E-state index in [0.717, 1.165) is 12.2 Å². The maximum absolute atomic E-state index is 11.8. The Morgan fingerprint density at radius 2 is 2.44 bits per heavy atom. The molecule has 52 valence electrons. The number of ether oxygens (including phenoxy) is 1. The van der Waals surface area contributed by atoms with Crippen molar-refractivity contribution in [3.8, 4) is 0 Å². The van der Waals surface area contributed by atoms with E-state index in [1.165, 1.54) is 7.11 Å². The molecule has 0 rings (SSSR count). The minimum Gasteiger partial charge on any atom is -0.466 e. The molecule has 2 nitrogen and oxygen atoms in total. The van der Waals surface area contributed by atoms with Crippen molar-refractivity contribution in [1.29, 1.82) is 0 Å². The second kappa shape index (κ2) is 4.49. The third-order valence-corrected chi connectivity index (χ3v) is 0.884. The maximum Gasteiger partial charge on any atom is 0.330 e. The van der Waals surface area contributed by atoms with Gasteiger partial charge in [-0.05, 0) is 22.0 Å². The summed E-state index contributed by atoms with van der Waals surface area (Å²) in [6.45, 7) is 0. The lowest BCUT2D eigenvalue weighted by atomic mass is 10.5. The topological polar surface area (TPSA) is 26.3 Å². The SMILES string of the molecule is COC(=O)/C=C/C(F)Br. The molecular weight excluding hydrogens is 191 g/mol. The summed E-state index contributed by atoms with van der Waals surface area (Å²) >= 11 is 2.57. The predicted octanol–water partition coefficient (Wildman–Crippen LogP) is 1.41. The van der Waals surface area contributed by atoms with E-state index in [0.29, 0.717) is 0 Å². The van der Waals surface area contributed by atoms with Crippen LogP contribution in [0.15, 0.2) is 12.2 Å². The summed E-state index contributed by atoms with van der Waals surface area (Å²) in [5.74, 6) is -0.558. The van der Waals surface area contributed by atoms with Crippen molar-refractivity contribution >= 4 is 21.9 Å². The molecule has 4 heteroatoms. The molecule has 0 saturated carbocycles. The minimum atomic E-state index is -1.28. The lowest BCUT2D eigenvalue weighted by Crippen LogP contribution is -1.94. The molecule has 1 unspecified atom stereocenters. The number of hydrogen-bond acceptors (Lipinski definition) is 2. The van der Waals surface area contributed by atoms with Crippen LogP contribution in [0.3, 0.4) is 0 Å². The van der Waals surface area contributed by atoms with Crippen LogP contribution in [0, 0.1) is 0 Å². The number of rotatable bonds is 2. The van der Waals surface area contributed by atoms with Crippen molar-refractivity contribution in [2.75, 3.05) is 7.11 Å². The van der Waals surface area contributed by atoms with Crippen LogP contribution in [0.1, 0.15) is 0 Å². The number of halogens is 2. The third-order valence-electron chi connectivity index (χ3n) is 0.579. The first-order chi connectivity index (χ1) is 4.16. The van der Waals surface area contributed by atoms with Gasteiger partial charge in [0.15, 0.2) is 5.08 Å². The normalized spacial score (nSPS) is 13.7. The van der Waals surface area contributed by atoms with Crippen molar-refractivity contribution in [2.45, 2.75) is 5.08 Å². The van der Waals surface area contributed by atoms with Gasteiger partial charge in [0.2, 0.25) is 0 Å². The largest absolute Gasteiger partial charge is 0.466 e. The summed E-state index contributed by atoms with van der Waals surface area (Å²) in [6, 6.07) is 0. The summed E-state index contributed by atoms with van der Waals surface area (Å²) < 4.78 is 16.0. The highest BCUT2D eigenvalue weighted by Crippen LogP contribution is 2.00. The molecule has 1 atom stereocenters. The van der Waals surface area contributed by atoms with Gasteiger partial charge in [0, 0.05) is 6.08 Å². The molecule has 0 heterocycles. The standard InChI is InChI=1S/C5H6BrFO2/c1-9-5(8)3-2-4(6)7/h2-4H,1H3/b3-2+. The summed E-state index contributed by atoms with van der Waals surface area (Å²) in [5.41, 5.74) is 0. The quantitative estimate of drug-likeness (QED) is 0.380. The second-order valence-corrected chi connectivity index (χ2v) is 2.09. The van der Waals surface area contributed by atoms with Gasteiger partial charge in [-0.2, -0.15) is 0 Å². The highest BCUT2D eigenvalue weighted by Gasteiger charge is 1.94. The molecule has 0 aromatic heterocycles. The maximum atomic E-state index is 11.8. The van der Waals surface area contributed by atoms with Gasteiger partial charge in [0.1, 0.15) is 0 Å². The molecule has 0 spiro atoms. The van der Waals surface area contributed by atoms with E-state index in [9.17, 15) is 9.18 Å². The molecule has 0 saturated heterocycles. The third kappa shape index (κ3) is 5.49. The van der Waals surface area contributed by atoms with Gasteiger partial charge in [-0.25, -0.2) is 9.18 Å². The van der Waals surface area contributed by atoms with Gasteiger partial charge in [0.25, 0.3) is 0 Å². The van der Waals surface area contributed by atoms with E-state index >= 15 is 0 Å². The molecule has 9 heavy (non-hydrogen) atoms. The average Bonchev–Trinajstić information content (AvgIpc) is 1.83. The Bertz CT molecular complexity index is 122. The van der Waals surface area contributed by atoms with Gasteiger partial charge in [0.05, 0.1) is 7.11 Å². The molecular formula is C5H6BrFO2. The van der Waals surface area contributed by atoms with E-state index in [1.807, 2.05) is 0 Å². The first kappa shape index (κ1) is 8.62. The Balaban J connectivity index is 3.57. The smallest absolute Gasteiger partial charge is 0.330 e. The summed E-state index contributed by atoms with van der Waals surface area (Å²) in [4.78, 5) is 10.2. The first-order valence-electron chi connectivity index (χ1n) is 2.21. The van der Waals surface area contributed by atoms with E-state index in [2.05, 4.69) is 20.7 Å². The molecule has 0 radical (unpaired) electrons. The molecule has 0 aliphatic heterocycles. The Hall–Kier alpha value is -0.380. The zero-order valence-electron chi connectivity index (χ0n) is 4.80. The van der Waals surface area contributed by atoms with Crippen molar-refractivity contribution in [2.24, 2.45) is 0 Å². The highest BCUT2D eigenvalue weighted by atomic mass is 79.9. The highest BCUT2D eigenvalue weighted by molar-refractivity contribution is 9.09. The molecule has 0 bridgehead atoms. The number of carbonyl (C=O) groups is 1. The van der Waals surface area contributed by atoms with E-state index in [4.69, 9.17) is 0 Å². The van der Waals surface area contributed by atoms with E-state index in [-0.39, 0.29) is 0 Å². The molecule has 0 aromatic carbocycles. The van der Waals surface area contributed by atoms with E-state index in [1.54, 1.807) is 0 Å². The number of alkyl halides is 2. The van der Waals surface area contributed by atoms with Gasteiger partial charge >= 0.3 is 5.97 Å². The van der Waals surface area contributed by atoms with Crippen molar-refractivity contribution in [1.82, 2.24) is 0 Å². The first-order valence-corrected chi connectivity index (χ1v) is 3.12. The Morgan fingerprint density at radius 3 is 2.78 bits per heavy atom. The molecule has 0 amide bonds. The van der Waals surface area contributed by atoms with Gasteiger partial charge in [-0.3, -0.25) is 0 Å². The summed E-state index contributed by atoms with van der Waals surface area (Å²) in [7, 11) is 1.23. The monoisotopic (exact) mass is 196 g/mol. The zero-order chi connectivity index (χ0) is 7.28. The lowest BCUT2D eigenvalue weighted by molar-refractivity contribution is -0.134. The lowest BCUT2D eigenvalue weighted by Gasteiger charge is -1.88. The van der Waals surface area contributed by atoms with Gasteiger partial charge in [-0.15, -0.1) is 0 Å². The number of esters is 1. The molecule has 0 aliphatic carbocycles. The summed E-state index contributed by atoms with van der Waals surface area (Å²) in [6.07, 6.45) is 2.06. The molecule has 0 aromatic rings. The van der Waals surface area contributed by atoms with Crippen LogP contribution in [-0.4, -0.2) is 18.2 Å². The van der Waals surface area contributed by atoms with Crippen LogP contribution in [-0.2, 0) is 9.53 Å². The van der Waals surface area contributed by atoms with Crippen molar-refractivity contribution in [3.05, 3.63) is 12.2 Å². The van der Waals surface area contributed by atoms with Crippen LogP contribution < -0.4 is 0 Å². The van der Waals surface area contributed by atoms with Crippen LogP contribution in [0.4, 0.5) is 4.39 Å². The predicted molar refractivity (Wildman–Crippen MR) is 35.0 cm³/mol. The Kier molecular flexibility index (Phi) is 4.30. The van der Waals surface area contributed by atoms with Crippen LogP contribution in [0.5, 0.6) is 0 Å². The molecule has 0 N–H and O–H groups in total. The van der Waals surface area contributed by atoms with Crippen molar-refractivity contribution in [3.63, 3.8) is 0 Å². The number of hydrogen-bond donors (Lipinski definition) is 0. The fourth-order valence-corrected chi connectivity index (χ4v) is 0.372. The Labute approximate surface area is 60.8 Å². The fourth-order valence-electron chi connectivity index (χ4n) is 0.219. The number of carbonyl (C=O) groups excluding carboxylic acids is 1. The molecule has 0 aliphatic rings. The summed E-state index contributed by atoms with van der Waals surface area (Å²) in [5, 5.41) is -1.28. The number of allylic oxidation sites excluding steroid dienone is 1. The fraction of sp³-hybridized carbons (Fsp3) is 0.400. The number of methoxy groups -OCH3 is 1. The van der Waals surface area contributed by atoms with Crippen LogP contribution >= 0.6 is 15.9 Å². The minimum absolute atomic E-state index is 0.558. The second-order valence-electron chi connectivity index (χ2n) is 1.22.